The van der Waals surface area contributed by atoms with Crippen LogP contribution in [-0.4, -0.2) is 41.8 Å². The first-order valence-corrected chi connectivity index (χ1v) is 10.8. The molecule has 0 atom stereocenters. The van der Waals surface area contributed by atoms with E-state index >= 15 is 0 Å². The quantitative estimate of drug-likeness (QED) is 0.430. The summed E-state index contributed by atoms with van der Waals surface area (Å²) in [5.41, 5.74) is 2.05. The van der Waals surface area contributed by atoms with Gasteiger partial charge in [-0.25, -0.2) is 4.98 Å². The predicted molar refractivity (Wildman–Crippen MR) is 123 cm³/mol. The molecular formula is C23H26ClN5O2. The molecule has 0 fully saturated rings. The van der Waals surface area contributed by atoms with E-state index < -0.39 is 0 Å². The molecule has 0 saturated carbocycles. The molecule has 0 saturated heterocycles. The van der Waals surface area contributed by atoms with E-state index in [1.54, 1.807) is 12.5 Å². The summed E-state index contributed by atoms with van der Waals surface area (Å²) in [5.74, 6) is 2.23. The summed E-state index contributed by atoms with van der Waals surface area (Å²) in [6.07, 6.45) is 7.19. The Balaban J connectivity index is 1.42. The first-order chi connectivity index (χ1) is 15.3. The van der Waals surface area contributed by atoms with Gasteiger partial charge >= 0.3 is 0 Å². The SMILES string of the molecule is Clc1cccc(CCN=C(NCCn2ccnc2)Nc2ccc3c(c2)OCCCO3)c1. The average Bonchev–Trinajstić information content (AvgIpc) is 3.17. The lowest BCUT2D eigenvalue weighted by Gasteiger charge is -2.15. The highest BCUT2D eigenvalue weighted by Crippen LogP contribution is 2.32. The molecule has 0 amide bonds. The molecule has 7 nitrogen and oxygen atoms in total. The van der Waals surface area contributed by atoms with Crippen molar-refractivity contribution in [2.45, 2.75) is 19.4 Å². The lowest BCUT2D eigenvalue weighted by atomic mass is 10.1. The van der Waals surface area contributed by atoms with E-state index in [1.165, 1.54) is 0 Å². The van der Waals surface area contributed by atoms with Gasteiger partial charge < -0.3 is 24.7 Å². The maximum atomic E-state index is 6.09. The second-order valence-electron chi connectivity index (χ2n) is 7.17. The summed E-state index contributed by atoms with van der Waals surface area (Å²) < 4.78 is 13.5. The molecule has 2 aromatic carbocycles. The maximum absolute atomic E-state index is 6.09. The Labute approximate surface area is 187 Å². The van der Waals surface area contributed by atoms with Gasteiger partial charge in [-0.3, -0.25) is 4.99 Å². The van der Waals surface area contributed by atoms with Gasteiger partial charge in [0.15, 0.2) is 17.5 Å². The highest BCUT2D eigenvalue weighted by Gasteiger charge is 2.11. The first kappa shape index (κ1) is 21.1. The van der Waals surface area contributed by atoms with Crippen LogP contribution in [0, 0.1) is 0 Å². The third-order valence-electron chi connectivity index (χ3n) is 4.79. The van der Waals surface area contributed by atoms with E-state index in [-0.39, 0.29) is 0 Å². The van der Waals surface area contributed by atoms with Crippen LogP contribution in [-0.2, 0) is 13.0 Å². The largest absolute Gasteiger partial charge is 0.490 e. The molecule has 2 heterocycles. The number of aromatic nitrogens is 2. The molecule has 0 unspecified atom stereocenters. The van der Waals surface area contributed by atoms with Crippen LogP contribution < -0.4 is 20.1 Å². The highest BCUT2D eigenvalue weighted by atomic mass is 35.5. The summed E-state index contributed by atoms with van der Waals surface area (Å²) in [5, 5.41) is 7.51. The summed E-state index contributed by atoms with van der Waals surface area (Å²) in [6, 6.07) is 13.7. The number of aliphatic imine (C=N–C) groups is 1. The van der Waals surface area contributed by atoms with E-state index in [0.717, 1.165) is 47.2 Å². The van der Waals surface area contributed by atoms with Crippen molar-refractivity contribution in [3.8, 4) is 11.5 Å². The zero-order valence-corrected chi connectivity index (χ0v) is 18.0. The number of nitrogens with zero attached hydrogens (tertiary/aromatic N) is 3. The minimum Gasteiger partial charge on any atom is -0.490 e. The number of hydrogen-bond acceptors (Lipinski definition) is 4. The van der Waals surface area contributed by atoms with Crippen LogP contribution in [0.3, 0.4) is 0 Å². The van der Waals surface area contributed by atoms with Crippen molar-refractivity contribution in [1.82, 2.24) is 14.9 Å². The summed E-state index contributed by atoms with van der Waals surface area (Å²) in [6.45, 7) is 3.46. The molecule has 1 aromatic heterocycles. The molecule has 1 aliphatic heterocycles. The van der Waals surface area contributed by atoms with Crippen LogP contribution in [0.5, 0.6) is 11.5 Å². The van der Waals surface area contributed by atoms with Gasteiger partial charge in [0.05, 0.1) is 19.5 Å². The van der Waals surface area contributed by atoms with Crippen LogP contribution in [0.1, 0.15) is 12.0 Å². The van der Waals surface area contributed by atoms with Crippen LogP contribution >= 0.6 is 11.6 Å². The summed E-state index contributed by atoms with van der Waals surface area (Å²) in [7, 11) is 0. The van der Waals surface area contributed by atoms with Crippen molar-refractivity contribution in [3.05, 3.63) is 71.8 Å². The zero-order chi connectivity index (χ0) is 21.3. The molecule has 162 valence electrons. The van der Waals surface area contributed by atoms with Crippen molar-refractivity contribution in [3.63, 3.8) is 0 Å². The first-order valence-electron chi connectivity index (χ1n) is 10.4. The standard InChI is InChI=1S/C23H26ClN5O2/c24-19-4-1-3-18(15-19)7-8-26-23(27-10-12-29-11-9-25-17-29)28-20-5-6-21-22(16-20)31-14-2-13-30-21/h1,3-6,9,11,15-17H,2,7-8,10,12-14H2,(H2,26,27,28). The number of fused-ring (bicyclic) bond motifs is 1. The third kappa shape index (κ3) is 6.39. The van der Waals surface area contributed by atoms with Gasteiger partial charge in [0.2, 0.25) is 0 Å². The minimum absolute atomic E-state index is 0.630. The van der Waals surface area contributed by atoms with Gasteiger partial charge in [0.1, 0.15) is 0 Å². The Morgan fingerprint density at radius 2 is 2.03 bits per heavy atom. The number of anilines is 1. The normalized spacial score (nSPS) is 13.5. The Morgan fingerprint density at radius 1 is 1.13 bits per heavy atom. The molecular weight excluding hydrogens is 414 g/mol. The topological polar surface area (TPSA) is 72.7 Å². The van der Waals surface area contributed by atoms with E-state index in [4.69, 9.17) is 26.1 Å². The summed E-state index contributed by atoms with van der Waals surface area (Å²) in [4.78, 5) is 8.83. The number of benzene rings is 2. The Bertz CT molecular complexity index is 1010. The van der Waals surface area contributed by atoms with Crippen molar-refractivity contribution >= 4 is 23.2 Å². The fraction of sp³-hybridized carbons (Fsp3) is 0.304. The van der Waals surface area contributed by atoms with Gasteiger partial charge in [-0.2, -0.15) is 0 Å². The number of rotatable bonds is 7. The smallest absolute Gasteiger partial charge is 0.195 e. The number of imidazole rings is 1. The lowest BCUT2D eigenvalue weighted by molar-refractivity contribution is 0.297. The summed E-state index contributed by atoms with van der Waals surface area (Å²) >= 11 is 6.09. The van der Waals surface area contributed by atoms with E-state index in [1.807, 2.05) is 47.2 Å². The molecule has 0 spiro atoms. The highest BCUT2D eigenvalue weighted by molar-refractivity contribution is 6.30. The van der Waals surface area contributed by atoms with Crippen LogP contribution in [0.2, 0.25) is 5.02 Å². The molecule has 8 heteroatoms. The molecule has 0 bridgehead atoms. The number of halogens is 1. The fourth-order valence-corrected chi connectivity index (χ4v) is 3.44. The van der Waals surface area contributed by atoms with Crippen LogP contribution in [0.25, 0.3) is 0 Å². The minimum atomic E-state index is 0.630. The predicted octanol–water partition coefficient (Wildman–Crippen LogP) is 4.00. The molecule has 2 N–H and O–H groups in total. The monoisotopic (exact) mass is 439 g/mol. The molecule has 1 aliphatic rings. The maximum Gasteiger partial charge on any atom is 0.195 e. The van der Waals surface area contributed by atoms with E-state index in [0.29, 0.717) is 32.3 Å². The fourth-order valence-electron chi connectivity index (χ4n) is 3.23. The number of hydrogen-bond donors (Lipinski definition) is 2. The molecule has 4 rings (SSSR count). The number of nitrogens with one attached hydrogen (secondary N) is 2. The van der Waals surface area contributed by atoms with Crippen molar-refractivity contribution in [1.29, 1.82) is 0 Å². The Kier molecular flexibility index (Phi) is 7.28. The average molecular weight is 440 g/mol. The second kappa shape index (κ2) is 10.7. The molecule has 0 radical (unpaired) electrons. The van der Waals surface area contributed by atoms with Crippen molar-refractivity contribution < 1.29 is 9.47 Å². The van der Waals surface area contributed by atoms with Gasteiger partial charge in [-0.05, 0) is 36.2 Å². The Morgan fingerprint density at radius 3 is 2.87 bits per heavy atom. The van der Waals surface area contributed by atoms with Crippen molar-refractivity contribution in [2.24, 2.45) is 4.99 Å². The molecule has 3 aromatic rings. The Hall–Kier alpha value is -3.19. The van der Waals surface area contributed by atoms with Crippen LogP contribution in [0.4, 0.5) is 5.69 Å². The van der Waals surface area contributed by atoms with Gasteiger partial charge in [-0.1, -0.05) is 23.7 Å². The zero-order valence-electron chi connectivity index (χ0n) is 17.3. The third-order valence-corrected chi connectivity index (χ3v) is 5.03. The van der Waals surface area contributed by atoms with E-state index in [9.17, 15) is 0 Å². The number of guanidine groups is 1. The van der Waals surface area contributed by atoms with Gasteiger partial charge in [0.25, 0.3) is 0 Å². The second-order valence-corrected chi connectivity index (χ2v) is 7.61. The molecule has 0 aliphatic carbocycles. The lowest BCUT2D eigenvalue weighted by Crippen LogP contribution is -2.33. The van der Waals surface area contributed by atoms with Gasteiger partial charge in [0, 0.05) is 55.2 Å². The van der Waals surface area contributed by atoms with Crippen LogP contribution in [0.15, 0.2) is 66.2 Å². The molecule has 31 heavy (non-hydrogen) atoms. The van der Waals surface area contributed by atoms with Crippen molar-refractivity contribution in [2.75, 3.05) is 31.6 Å². The van der Waals surface area contributed by atoms with E-state index in [2.05, 4.69) is 21.7 Å². The van der Waals surface area contributed by atoms with Gasteiger partial charge in [-0.15, -0.1) is 0 Å². The number of ether oxygens (including phenoxy) is 2.